The van der Waals surface area contributed by atoms with Gasteiger partial charge in [0.1, 0.15) is 0 Å². The van der Waals surface area contributed by atoms with E-state index in [2.05, 4.69) is 12.2 Å². The van der Waals surface area contributed by atoms with Crippen molar-refractivity contribution < 1.29 is 22.7 Å². The fourth-order valence-electron chi connectivity index (χ4n) is 2.56. The summed E-state index contributed by atoms with van der Waals surface area (Å²) in [7, 11) is -3.24. The van der Waals surface area contributed by atoms with E-state index >= 15 is 0 Å². The van der Waals surface area contributed by atoms with E-state index < -0.39 is 16.0 Å². The first-order chi connectivity index (χ1) is 11.9. The molecule has 0 aromatic heterocycles. The maximum Gasteiger partial charge on any atom is 0.338 e. The van der Waals surface area contributed by atoms with Crippen molar-refractivity contribution in [3.63, 3.8) is 0 Å². The van der Waals surface area contributed by atoms with Gasteiger partial charge >= 0.3 is 5.97 Å². The quantitative estimate of drug-likeness (QED) is 0.557. The van der Waals surface area contributed by atoms with Gasteiger partial charge < -0.3 is 10.1 Å². The molecule has 0 unspecified atom stereocenters. The molecular formula is C17H24N2O5S. The van der Waals surface area contributed by atoms with Crippen LogP contribution in [0, 0.1) is 0 Å². The zero-order chi connectivity index (χ0) is 18.3. The number of carbonyl (C=O) groups is 2. The number of unbranched alkanes of at least 4 members (excludes halogenated alkanes) is 2. The van der Waals surface area contributed by atoms with E-state index in [0.29, 0.717) is 25.2 Å². The van der Waals surface area contributed by atoms with E-state index in [-0.39, 0.29) is 23.8 Å². The van der Waals surface area contributed by atoms with Gasteiger partial charge in [-0.1, -0.05) is 19.8 Å². The molecule has 1 aromatic rings. The predicted molar refractivity (Wildman–Crippen MR) is 95.0 cm³/mol. The van der Waals surface area contributed by atoms with Crippen LogP contribution < -0.4 is 9.62 Å². The van der Waals surface area contributed by atoms with Crippen LogP contribution in [0.4, 0.5) is 5.69 Å². The smallest absolute Gasteiger partial charge is 0.338 e. The summed E-state index contributed by atoms with van der Waals surface area (Å²) in [5, 5.41) is 2.69. The van der Waals surface area contributed by atoms with Crippen molar-refractivity contribution in [1.82, 2.24) is 5.32 Å². The van der Waals surface area contributed by atoms with Crippen molar-refractivity contribution in [1.29, 1.82) is 0 Å². The van der Waals surface area contributed by atoms with E-state index in [1.807, 2.05) is 0 Å². The minimum absolute atomic E-state index is 0.143. The molecule has 0 saturated carbocycles. The molecular weight excluding hydrogens is 344 g/mol. The number of ether oxygens (including phenoxy) is 1. The van der Waals surface area contributed by atoms with Crippen molar-refractivity contribution >= 4 is 27.6 Å². The zero-order valence-corrected chi connectivity index (χ0v) is 15.2. The summed E-state index contributed by atoms with van der Waals surface area (Å²) in [4.78, 5) is 23.5. The number of hydrogen-bond acceptors (Lipinski definition) is 5. The molecule has 0 bridgehead atoms. The average molecular weight is 368 g/mol. The Hall–Kier alpha value is -2.09. The highest BCUT2D eigenvalue weighted by atomic mass is 32.2. The van der Waals surface area contributed by atoms with Crippen molar-refractivity contribution in [2.24, 2.45) is 0 Å². The van der Waals surface area contributed by atoms with E-state index in [1.54, 1.807) is 12.1 Å². The largest absolute Gasteiger partial charge is 0.452 e. The Labute approximate surface area is 148 Å². The van der Waals surface area contributed by atoms with Gasteiger partial charge in [0, 0.05) is 13.1 Å². The fraction of sp³-hybridized carbons (Fsp3) is 0.529. The molecule has 1 aromatic carbocycles. The summed E-state index contributed by atoms with van der Waals surface area (Å²) in [6.07, 6.45) is 3.61. The van der Waals surface area contributed by atoms with Crippen LogP contribution in [0.2, 0.25) is 0 Å². The van der Waals surface area contributed by atoms with Crippen LogP contribution in [0.25, 0.3) is 0 Å². The summed E-state index contributed by atoms with van der Waals surface area (Å²) in [5.74, 6) is -0.798. The van der Waals surface area contributed by atoms with Crippen LogP contribution in [0.15, 0.2) is 24.3 Å². The lowest BCUT2D eigenvalue weighted by atomic mass is 10.2. The Kier molecular flexibility index (Phi) is 6.81. The standard InChI is InChI=1S/C17H24N2O5S/c1-2-3-4-10-18-16(20)13-24-17(21)14-6-8-15(9-7-14)19-11-5-12-25(19,22)23/h6-9H,2-5,10-13H2,1H3,(H,18,20). The maximum absolute atomic E-state index is 12.0. The van der Waals surface area contributed by atoms with Gasteiger partial charge in [-0.2, -0.15) is 0 Å². The van der Waals surface area contributed by atoms with Gasteiger partial charge in [-0.25, -0.2) is 13.2 Å². The van der Waals surface area contributed by atoms with E-state index in [9.17, 15) is 18.0 Å². The highest BCUT2D eigenvalue weighted by molar-refractivity contribution is 7.93. The topological polar surface area (TPSA) is 92.8 Å². The number of anilines is 1. The number of nitrogens with one attached hydrogen (secondary N) is 1. The second kappa shape index (κ2) is 8.84. The molecule has 7 nitrogen and oxygen atoms in total. The molecule has 2 rings (SSSR count). The number of rotatable bonds is 8. The first-order valence-corrected chi connectivity index (χ1v) is 10.1. The van der Waals surface area contributed by atoms with E-state index in [4.69, 9.17) is 4.74 Å². The third kappa shape index (κ3) is 5.45. The minimum Gasteiger partial charge on any atom is -0.452 e. The predicted octanol–water partition coefficient (Wildman–Crippen LogP) is 1.69. The molecule has 0 atom stereocenters. The van der Waals surface area contributed by atoms with Gasteiger partial charge in [0.25, 0.3) is 5.91 Å². The number of hydrogen-bond donors (Lipinski definition) is 1. The molecule has 0 aliphatic carbocycles. The number of benzene rings is 1. The second-order valence-electron chi connectivity index (χ2n) is 5.92. The summed E-state index contributed by atoms with van der Waals surface area (Å²) in [6, 6.07) is 6.16. The number of amides is 1. The number of carbonyl (C=O) groups excluding carboxylic acids is 2. The molecule has 1 aliphatic rings. The Bertz CT molecular complexity index is 700. The molecule has 1 fully saturated rings. The molecule has 0 spiro atoms. The summed E-state index contributed by atoms with van der Waals surface area (Å²) < 4.78 is 30.1. The SMILES string of the molecule is CCCCCNC(=O)COC(=O)c1ccc(N2CCCS2(=O)=O)cc1. The Morgan fingerprint density at radius 1 is 1.20 bits per heavy atom. The minimum atomic E-state index is -3.24. The van der Waals surface area contributed by atoms with Gasteiger partial charge in [0.05, 0.1) is 17.0 Å². The first-order valence-electron chi connectivity index (χ1n) is 8.48. The normalized spacial score (nSPS) is 15.8. The average Bonchev–Trinajstić information content (AvgIpc) is 2.96. The molecule has 1 N–H and O–H groups in total. The summed E-state index contributed by atoms with van der Waals surface area (Å²) in [5.41, 5.74) is 0.807. The van der Waals surface area contributed by atoms with Gasteiger partial charge in [0.15, 0.2) is 6.61 Å². The Morgan fingerprint density at radius 3 is 2.52 bits per heavy atom. The van der Waals surface area contributed by atoms with Gasteiger partial charge in [0.2, 0.25) is 10.0 Å². The van der Waals surface area contributed by atoms with Gasteiger partial charge in [-0.05, 0) is 37.1 Å². The highest BCUT2D eigenvalue weighted by Crippen LogP contribution is 2.24. The lowest BCUT2D eigenvalue weighted by molar-refractivity contribution is -0.124. The second-order valence-corrected chi connectivity index (χ2v) is 7.93. The molecule has 1 heterocycles. The van der Waals surface area contributed by atoms with Gasteiger partial charge in [-0.3, -0.25) is 9.10 Å². The Morgan fingerprint density at radius 2 is 1.92 bits per heavy atom. The zero-order valence-electron chi connectivity index (χ0n) is 14.4. The number of sulfonamides is 1. The van der Waals surface area contributed by atoms with Crippen LogP contribution in [0.5, 0.6) is 0 Å². The van der Waals surface area contributed by atoms with Gasteiger partial charge in [-0.15, -0.1) is 0 Å². The van der Waals surface area contributed by atoms with Crippen LogP contribution in [0.1, 0.15) is 43.0 Å². The monoisotopic (exact) mass is 368 g/mol. The lowest BCUT2D eigenvalue weighted by Crippen LogP contribution is -2.29. The first kappa shape index (κ1) is 19.2. The van der Waals surface area contributed by atoms with Crippen molar-refractivity contribution in [2.75, 3.05) is 29.8 Å². The van der Waals surface area contributed by atoms with Crippen LogP contribution >= 0.6 is 0 Å². The molecule has 1 aliphatic heterocycles. The third-order valence-electron chi connectivity index (χ3n) is 3.93. The molecule has 25 heavy (non-hydrogen) atoms. The van der Waals surface area contributed by atoms with Crippen LogP contribution in [-0.4, -0.2) is 45.7 Å². The lowest BCUT2D eigenvalue weighted by Gasteiger charge is -2.16. The van der Waals surface area contributed by atoms with Crippen molar-refractivity contribution in [2.45, 2.75) is 32.6 Å². The van der Waals surface area contributed by atoms with Crippen LogP contribution in [-0.2, 0) is 19.6 Å². The molecule has 1 amide bonds. The molecule has 8 heteroatoms. The summed E-state index contributed by atoms with van der Waals surface area (Å²) >= 11 is 0. The number of esters is 1. The van der Waals surface area contributed by atoms with Crippen LogP contribution in [0.3, 0.4) is 0 Å². The molecule has 1 saturated heterocycles. The maximum atomic E-state index is 12.0. The van der Waals surface area contributed by atoms with Crippen molar-refractivity contribution in [3.8, 4) is 0 Å². The third-order valence-corrected chi connectivity index (χ3v) is 5.80. The molecule has 0 radical (unpaired) electrons. The van der Waals surface area contributed by atoms with E-state index in [0.717, 1.165) is 19.3 Å². The fourth-order valence-corrected chi connectivity index (χ4v) is 4.13. The Balaban J connectivity index is 1.83. The molecule has 138 valence electrons. The van der Waals surface area contributed by atoms with E-state index in [1.165, 1.54) is 16.4 Å². The van der Waals surface area contributed by atoms with Crippen molar-refractivity contribution in [3.05, 3.63) is 29.8 Å². The highest BCUT2D eigenvalue weighted by Gasteiger charge is 2.28. The summed E-state index contributed by atoms with van der Waals surface area (Å²) in [6.45, 7) is 2.77. The number of nitrogens with zero attached hydrogens (tertiary/aromatic N) is 1.